The molecule has 0 radical (unpaired) electrons. The summed E-state index contributed by atoms with van der Waals surface area (Å²) in [6.45, 7) is 7.06. The van der Waals surface area contributed by atoms with Gasteiger partial charge in [0, 0.05) is 0 Å². The van der Waals surface area contributed by atoms with Crippen molar-refractivity contribution < 1.29 is 10.4 Å². The number of benzene rings is 1. The van der Waals surface area contributed by atoms with Crippen molar-refractivity contribution in [2.75, 3.05) is 13.1 Å². The lowest BCUT2D eigenvalue weighted by molar-refractivity contribution is -0.847. The number of nitrogens with one attached hydrogen (secondary N) is 1. The van der Waals surface area contributed by atoms with E-state index >= 15 is 0 Å². The molecule has 2 nitrogen and oxygen atoms in total. The van der Waals surface area contributed by atoms with Gasteiger partial charge in [-0.25, -0.2) is 0 Å². The first-order valence-corrected chi connectivity index (χ1v) is 7.42. The summed E-state index contributed by atoms with van der Waals surface area (Å²) in [7, 11) is 0. The zero-order valence-electron chi connectivity index (χ0n) is 12.4. The van der Waals surface area contributed by atoms with Crippen LogP contribution in [0.5, 0.6) is 0 Å². The molecule has 0 fully saturated rings. The van der Waals surface area contributed by atoms with Crippen LogP contribution in [0.2, 0.25) is 0 Å². The van der Waals surface area contributed by atoms with E-state index in [1.165, 1.54) is 50.8 Å². The average Bonchev–Trinajstić information content (AvgIpc) is 2.40. The molecular weight excluding hydrogens is 234 g/mol. The van der Waals surface area contributed by atoms with Gasteiger partial charge in [0.2, 0.25) is 0 Å². The zero-order chi connectivity index (χ0) is 13.1. The Labute approximate surface area is 118 Å². The van der Waals surface area contributed by atoms with E-state index in [1.807, 2.05) is 0 Å². The summed E-state index contributed by atoms with van der Waals surface area (Å²) in [5.74, 6) is 0. The van der Waals surface area contributed by atoms with Gasteiger partial charge in [-0.2, -0.15) is 0 Å². The molecule has 0 unspecified atom stereocenters. The Morgan fingerprint density at radius 3 is 2.21 bits per heavy atom. The van der Waals surface area contributed by atoms with Crippen LogP contribution >= 0.6 is 0 Å². The van der Waals surface area contributed by atoms with Crippen molar-refractivity contribution in [2.45, 2.75) is 46.0 Å². The predicted octanol–water partition coefficient (Wildman–Crippen LogP) is 3.05. The minimum atomic E-state index is 0. The molecule has 0 aromatic heterocycles. The molecule has 1 aromatic rings. The third kappa shape index (κ3) is 8.57. The van der Waals surface area contributed by atoms with Crippen molar-refractivity contribution in [3.63, 3.8) is 0 Å². The quantitative estimate of drug-likeness (QED) is 0.683. The molecule has 108 valence electrons. The van der Waals surface area contributed by atoms with Gasteiger partial charge in [0.25, 0.3) is 0 Å². The van der Waals surface area contributed by atoms with Crippen LogP contribution in [0, 0.1) is 0 Å². The molecule has 0 atom stereocenters. The Hall–Kier alpha value is -1.12. The highest BCUT2D eigenvalue weighted by molar-refractivity contribution is 5.14. The SMILES string of the molecule is CCC[NH+](C=CCCCc1ccccc1)CCC.[OH-]. The minimum Gasteiger partial charge on any atom is -0.870 e. The number of hydrogen-bond acceptors (Lipinski definition) is 1. The van der Waals surface area contributed by atoms with Crippen LogP contribution in [0.25, 0.3) is 0 Å². The van der Waals surface area contributed by atoms with Crippen LogP contribution < -0.4 is 4.90 Å². The summed E-state index contributed by atoms with van der Waals surface area (Å²) < 4.78 is 0. The highest BCUT2D eigenvalue weighted by atomic mass is 16.0. The third-order valence-corrected chi connectivity index (χ3v) is 3.17. The Morgan fingerprint density at radius 2 is 1.63 bits per heavy atom. The lowest BCUT2D eigenvalue weighted by Gasteiger charge is -2.12. The van der Waals surface area contributed by atoms with Gasteiger partial charge in [-0.1, -0.05) is 44.2 Å². The molecule has 0 aliphatic heterocycles. The molecule has 0 heterocycles. The molecule has 1 rings (SSSR count). The minimum absolute atomic E-state index is 0. The standard InChI is InChI=1S/C17H27N.H2O/c1-3-14-18(15-4-2)16-10-6-9-13-17-11-7-5-8-12-17;/h5,7-8,10-12,16H,3-4,6,9,13-15H2,1-2H3;1H2. The van der Waals surface area contributed by atoms with Gasteiger partial charge in [0.05, 0.1) is 19.3 Å². The maximum atomic E-state index is 2.37. The van der Waals surface area contributed by atoms with E-state index in [0.717, 1.165) is 0 Å². The van der Waals surface area contributed by atoms with E-state index in [4.69, 9.17) is 0 Å². The van der Waals surface area contributed by atoms with Crippen LogP contribution in [0.4, 0.5) is 0 Å². The normalized spacial score (nSPS) is 10.9. The molecule has 0 spiro atoms. The summed E-state index contributed by atoms with van der Waals surface area (Å²) in [4.78, 5) is 1.62. The number of aryl methyl sites for hydroxylation is 1. The van der Waals surface area contributed by atoms with Crippen molar-refractivity contribution in [2.24, 2.45) is 0 Å². The van der Waals surface area contributed by atoms with Crippen LogP contribution in [0.15, 0.2) is 42.6 Å². The molecule has 19 heavy (non-hydrogen) atoms. The van der Waals surface area contributed by atoms with Gasteiger partial charge in [0.1, 0.15) is 0 Å². The summed E-state index contributed by atoms with van der Waals surface area (Å²) >= 11 is 0. The van der Waals surface area contributed by atoms with Crippen LogP contribution in [-0.2, 0) is 6.42 Å². The van der Waals surface area contributed by atoms with E-state index in [0.29, 0.717) is 0 Å². The topological polar surface area (TPSA) is 34.4 Å². The molecule has 2 heteroatoms. The van der Waals surface area contributed by atoms with Crippen LogP contribution in [0.1, 0.15) is 45.1 Å². The van der Waals surface area contributed by atoms with Gasteiger partial charge in [-0.3, -0.25) is 0 Å². The fraction of sp³-hybridized carbons (Fsp3) is 0.529. The number of unbranched alkanes of at least 4 members (excludes halogenated alkanes) is 1. The molecule has 0 saturated heterocycles. The summed E-state index contributed by atoms with van der Waals surface area (Å²) in [6.07, 6.45) is 10.9. The van der Waals surface area contributed by atoms with Crippen LogP contribution in [0.3, 0.4) is 0 Å². The Morgan fingerprint density at radius 1 is 1.00 bits per heavy atom. The lowest BCUT2D eigenvalue weighted by atomic mass is 10.1. The summed E-state index contributed by atoms with van der Waals surface area (Å²) in [5.41, 5.74) is 1.46. The van der Waals surface area contributed by atoms with Gasteiger partial charge in [-0.05, 0) is 43.7 Å². The molecule has 0 aliphatic carbocycles. The monoisotopic (exact) mass is 263 g/mol. The van der Waals surface area contributed by atoms with E-state index < -0.39 is 0 Å². The van der Waals surface area contributed by atoms with Crippen molar-refractivity contribution in [3.8, 4) is 0 Å². The van der Waals surface area contributed by atoms with Crippen LogP contribution in [-0.4, -0.2) is 18.6 Å². The van der Waals surface area contributed by atoms with E-state index in [1.54, 1.807) is 4.90 Å². The van der Waals surface area contributed by atoms with Gasteiger partial charge < -0.3 is 10.4 Å². The summed E-state index contributed by atoms with van der Waals surface area (Å²) in [6, 6.07) is 10.8. The summed E-state index contributed by atoms with van der Waals surface area (Å²) in [5, 5.41) is 0. The lowest BCUT2D eigenvalue weighted by Crippen LogP contribution is -3.07. The molecular formula is C17H29NO. The molecule has 0 amide bonds. The smallest absolute Gasteiger partial charge is 0.0901 e. The highest BCUT2D eigenvalue weighted by Crippen LogP contribution is 2.04. The van der Waals surface area contributed by atoms with Gasteiger partial charge in [-0.15, -0.1) is 0 Å². The third-order valence-electron chi connectivity index (χ3n) is 3.17. The van der Waals surface area contributed by atoms with Crippen molar-refractivity contribution in [1.82, 2.24) is 0 Å². The number of quaternary nitrogens is 1. The fourth-order valence-corrected chi connectivity index (χ4v) is 2.25. The Bertz CT molecular complexity index is 315. The fourth-order valence-electron chi connectivity index (χ4n) is 2.25. The Balaban J connectivity index is 0.00000324. The highest BCUT2D eigenvalue weighted by Gasteiger charge is 2.00. The van der Waals surface area contributed by atoms with Crippen molar-refractivity contribution in [3.05, 3.63) is 48.2 Å². The second-order valence-electron chi connectivity index (χ2n) is 4.94. The maximum absolute atomic E-state index is 2.37. The number of allylic oxidation sites excluding steroid dienone is 1. The largest absolute Gasteiger partial charge is 0.870 e. The first-order valence-electron chi connectivity index (χ1n) is 7.42. The zero-order valence-corrected chi connectivity index (χ0v) is 12.4. The molecule has 0 aliphatic rings. The molecule has 0 bridgehead atoms. The number of hydrogen-bond donors (Lipinski definition) is 1. The van der Waals surface area contributed by atoms with Crippen molar-refractivity contribution in [1.29, 1.82) is 0 Å². The molecule has 0 saturated carbocycles. The maximum Gasteiger partial charge on any atom is 0.0901 e. The van der Waals surface area contributed by atoms with Gasteiger partial charge >= 0.3 is 0 Å². The second-order valence-corrected chi connectivity index (χ2v) is 4.94. The first kappa shape index (κ1) is 17.9. The Kier molecular flexibility index (Phi) is 11.2. The molecule has 1 aromatic carbocycles. The number of rotatable bonds is 9. The van der Waals surface area contributed by atoms with E-state index in [2.05, 4.69) is 56.5 Å². The van der Waals surface area contributed by atoms with E-state index in [-0.39, 0.29) is 5.48 Å². The first-order chi connectivity index (χ1) is 8.86. The van der Waals surface area contributed by atoms with Crippen molar-refractivity contribution >= 4 is 0 Å². The second kappa shape index (κ2) is 11.9. The van der Waals surface area contributed by atoms with Gasteiger partial charge in [0.15, 0.2) is 0 Å². The average molecular weight is 263 g/mol. The predicted molar refractivity (Wildman–Crippen MR) is 81.7 cm³/mol. The molecule has 2 N–H and O–H groups in total. The van der Waals surface area contributed by atoms with E-state index in [9.17, 15) is 0 Å².